The van der Waals surface area contributed by atoms with Crippen LogP contribution < -0.4 is 10.6 Å². The van der Waals surface area contributed by atoms with Crippen LogP contribution in [0.2, 0.25) is 0 Å². The van der Waals surface area contributed by atoms with Gasteiger partial charge in [0.05, 0.1) is 11.8 Å². The number of phenolic OH excluding ortho intramolecular Hbond substituents is 1. The number of nitrogens with one attached hydrogen (secondary N) is 2. The van der Waals surface area contributed by atoms with E-state index in [2.05, 4.69) is 16.6 Å². The van der Waals surface area contributed by atoms with Crippen LogP contribution in [0.15, 0.2) is 42.0 Å². The Morgan fingerprint density at radius 3 is 2.75 bits per heavy atom. The van der Waals surface area contributed by atoms with E-state index < -0.39 is 6.10 Å². The molecule has 4 N–H and O–H groups in total. The largest absolute Gasteiger partial charge is 0.506 e. The van der Waals surface area contributed by atoms with Crippen LogP contribution in [0.5, 0.6) is 5.75 Å². The fourth-order valence-electron chi connectivity index (χ4n) is 2.32. The SMILES string of the molecule is C#C/C=C\C(=C/C)C(C)(C)NC[C@H](O)c1ccc(O)c(NC=O)c1. The molecule has 1 rings (SSSR count). The van der Waals surface area contributed by atoms with Gasteiger partial charge in [-0.15, -0.1) is 6.42 Å². The molecule has 0 heterocycles. The Labute approximate surface area is 143 Å². The number of amides is 1. The summed E-state index contributed by atoms with van der Waals surface area (Å²) in [6.45, 7) is 6.20. The van der Waals surface area contributed by atoms with E-state index in [9.17, 15) is 15.0 Å². The maximum atomic E-state index is 10.5. The van der Waals surface area contributed by atoms with Gasteiger partial charge in [0.25, 0.3) is 0 Å². The van der Waals surface area contributed by atoms with Crippen molar-refractivity contribution in [2.45, 2.75) is 32.4 Å². The Balaban J connectivity index is 2.83. The van der Waals surface area contributed by atoms with Crippen LogP contribution in [0.25, 0.3) is 0 Å². The minimum Gasteiger partial charge on any atom is -0.506 e. The number of aromatic hydroxyl groups is 1. The monoisotopic (exact) mass is 328 g/mol. The molecular weight excluding hydrogens is 304 g/mol. The molecule has 0 aromatic heterocycles. The van der Waals surface area contributed by atoms with Gasteiger partial charge in [0.1, 0.15) is 5.75 Å². The Morgan fingerprint density at radius 2 is 2.17 bits per heavy atom. The summed E-state index contributed by atoms with van der Waals surface area (Å²) in [4.78, 5) is 10.5. The number of carbonyl (C=O) groups is 1. The molecule has 0 bridgehead atoms. The zero-order chi connectivity index (χ0) is 18.2. The van der Waals surface area contributed by atoms with Crippen molar-refractivity contribution in [2.75, 3.05) is 11.9 Å². The smallest absolute Gasteiger partial charge is 0.211 e. The normalized spacial score (nSPS) is 13.5. The maximum Gasteiger partial charge on any atom is 0.211 e. The lowest BCUT2D eigenvalue weighted by Gasteiger charge is -2.29. The molecule has 1 atom stereocenters. The highest BCUT2D eigenvalue weighted by atomic mass is 16.3. The van der Waals surface area contributed by atoms with E-state index in [4.69, 9.17) is 6.42 Å². The first-order valence-corrected chi connectivity index (χ1v) is 7.61. The van der Waals surface area contributed by atoms with E-state index in [1.165, 1.54) is 12.1 Å². The molecule has 5 heteroatoms. The third-order valence-electron chi connectivity index (χ3n) is 3.75. The van der Waals surface area contributed by atoms with Gasteiger partial charge >= 0.3 is 0 Å². The zero-order valence-electron chi connectivity index (χ0n) is 14.2. The number of allylic oxidation sites excluding steroid dienone is 2. The highest BCUT2D eigenvalue weighted by Crippen LogP contribution is 2.27. The number of hydrogen-bond acceptors (Lipinski definition) is 4. The van der Waals surface area contributed by atoms with Crippen molar-refractivity contribution in [3.63, 3.8) is 0 Å². The van der Waals surface area contributed by atoms with Gasteiger partial charge in [0.15, 0.2) is 0 Å². The number of aliphatic hydroxyl groups excluding tert-OH is 1. The summed E-state index contributed by atoms with van der Waals surface area (Å²) in [5.41, 5.74) is 1.46. The molecule has 1 amide bonds. The lowest BCUT2D eigenvalue weighted by atomic mass is 9.92. The Kier molecular flexibility index (Phi) is 7.25. The van der Waals surface area contributed by atoms with Crippen molar-refractivity contribution >= 4 is 12.1 Å². The Morgan fingerprint density at radius 1 is 1.46 bits per heavy atom. The van der Waals surface area contributed by atoms with Crippen LogP contribution in [0, 0.1) is 12.3 Å². The van der Waals surface area contributed by atoms with E-state index in [1.807, 2.05) is 32.9 Å². The summed E-state index contributed by atoms with van der Waals surface area (Å²) in [6, 6.07) is 4.58. The fourth-order valence-corrected chi connectivity index (χ4v) is 2.32. The average Bonchev–Trinajstić information content (AvgIpc) is 2.55. The summed E-state index contributed by atoms with van der Waals surface area (Å²) < 4.78 is 0. The van der Waals surface area contributed by atoms with Gasteiger partial charge in [-0.1, -0.05) is 18.1 Å². The van der Waals surface area contributed by atoms with Crippen molar-refractivity contribution in [1.82, 2.24) is 5.32 Å². The summed E-state index contributed by atoms with van der Waals surface area (Å²) in [5, 5.41) is 25.7. The van der Waals surface area contributed by atoms with E-state index in [-0.39, 0.29) is 17.0 Å². The number of terminal acetylenes is 1. The number of benzene rings is 1. The molecule has 5 nitrogen and oxygen atoms in total. The third-order valence-corrected chi connectivity index (χ3v) is 3.75. The standard InChI is InChI=1S/C19H24N2O3/c1-5-7-8-15(6-2)19(3,4)21-12-18(24)14-9-10-17(23)16(11-14)20-13-22/h1,6-11,13,18,21,23-24H,12H2,2-4H3,(H,20,22)/b8-7-,15-6+/t18-/m0/s1. The maximum absolute atomic E-state index is 10.5. The van der Waals surface area contributed by atoms with Crippen molar-refractivity contribution in [1.29, 1.82) is 0 Å². The van der Waals surface area contributed by atoms with Gasteiger partial charge in [-0.2, -0.15) is 0 Å². The van der Waals surface area contributed by atoms with E-state index >= 15 is 0 Å². The molecule has 24 heavy (non-hydrogen) atoms. The molecule has 0 aliphatic rings. The topological polar surface area (TPSA) is 81.6 Å². The van der Waals surface area contributed by atoms with Crippen molar-refractivity contribution < 1.29 is 15.0 Å². The first kappa shape index (κ1) is 19.5. The lowest BCUT2D eigenvalue weighted by Crippen LogP contribution is -2.42. The Bertz CT molecular complexity index is 670. The third kappa shape index (κ3) is 5.27. The molecule has 0 unspecified atom stereocenters. The lowest BCUT2D eigenvalue weighted by molar-refractivity contribution is -0.105. The zero-order valence-corrected chi connectivity index (χ0v) is 14.2. The van der Waals surface area contributed by atoms with Gasteiger partial charge in [-0.25, -0.2) is 0 Å². The van der Waals surface area contributed by atoms with Gasteiger partial charge in [0.2, 0.25) is 6.41 Å². The predicted molar refractivity (Wildman–Crippen MR) is 96.6 cm³/mol. The first-order valence-electron chi connectivity index (χ1n) is 7.61. The van der Waals surface area contributed by atoms with Crippen LogP contribution >= 0.6 is 0 Å². The molecule has 0 saturated carbocycles. The Hall–Kier alpha value is -2.55. The number of anilines is 1. The number of rotatable bonds is 8. The van der Waals surface area contributed by atoms with E-state index in [1.54, 1.807) is 12.1 Å². The summed E-state index contributed by atoms with van der Waals surface area (Å²) in [7, 11) is 0. The second-order valence-corrected chi connectivity index (χ2v) is 5.80. The summed E-state index contributed by atoms with van der Waals surface area (Å²) in [5.74, 6) is 2.41. The van der Waals surface area contributed by atoms with Crippen molar-refractivity contribution in [3.8, 4) is 18.1 Å². The minimum atomic E-state index is -0.799. The van der Waals surface area contributed by atoms with E-state index in [0.29, 0.717) is 18.5 Å². The quantitative estimate of drug-likeness (QED) is 0.256. The van der Waals surface area contributed by atoms with Gasteiger partial charge in [-0.05, 0) is 56.2 Å². The summed E-state index contributed by atoms with van der Waals surface area (Å²) >= 11 is 0. The highest BCUT2D eigenvalue weighted by molar-refractivity contribution is 5.75. The molecule has 0 aliphatic heterocycles. The predicted octanol–water partition coefficient (Wildman–Crippen LogP) is 2.50. The van der Waals surface area contributed by atoms with Crippen LogP contribution in [0.4, 0.5) is 5.69 Å². The molecule has 1 aromatic rings. The molecule has 128 valence electrons. The average molecular weight is 328 g/mol. The molecule has 1 aromatic carbocycles. The second kappa shape index (κ2) is 8.92. The number of carbonyl (C=O) groups excluding carboxylic acids is 1. The van der Waals surface area contributed by atoms with Crippen molar-refractivity contribution in [3.05, 3.63) is 47.6 Å². The fraction of sp³-hybridized carbons (Fsp3) is 0.316. The molecule has 0 fully saturated rings. The van der Waals surface area contributed by atoms with Gasteiger partial charge in [-0.3, -0.25) is 4.79 Å². The highest BCUT2D eigenvalue weighted by Gasteiger charge is 2.22. The van der Waals surface area contributed by atoms with Gasteiger partial charge < -0.3 is 20.8 Å². The molecule has 0 saturated heterocycles. The number of β-amino-alcohol motifs (C(OH)–C–C–N with tert-alkyl or cyclic N) is 1. The number of hydrogen-bond donors (Lipinski definition) is 4. The molecule has 0 aliphatic carbocycles. The summed E-state index contributed by atoms with van der Waals surface area (Å²) in [6.07, 6.45) is 10.4. The minimum absolute atomic E-state index is 0.0537. The molecule has 0 spiro atoms. The van der Waals surface area contributed by atoms with Crippen LogP contribution in [-0.2, 0) is 4.79 Å². The number of aliphatic hydroxyl groups is 1. The van der Waals surface area contributed by atoms with Gasteiger partial charge in [0, 0.05) is 12.1 Å². The number of phenols is 1. The first-order chi connectivity index (χ1) is 11.4. The van der Waals surface area contributed by atoms with Crippen molar-refractivity contribution in [2.24, 2.45) is 0 Å². The molecular formula is C19H24N2O3. The molecule has 0 radical (unpaired) electrons. The van der Waals surface area contributed by atoms with Crippen LogP contribution in [0.3, 0.4) is 0 Å². The van der Waals surface area contributed by atoms with E-state index in [0.717, 1.165) is 5.57 Å². The van der Waals surface area contributed by atoms with Crippen LogP contribution in [0.1, 0.15) is 32.4 Å². The second-order valence-electron chi connectivity index (χ2n) is 5.80. The van der Waals surface area contributed by atoms with Crippen LogP contribution in [-0.4, -0.2) is 28.7 Å².